The smallest absolute Gasteiger partial charge is 0.309 e. The monoisotopic (exact) mass is 1850 g/mol. The highest BCUT2D eigenvalue weighted by molar-refractivity contribution is 8.00. The van der Waals surface area contributed by atoms with Crippen LogP contribution in [0, 0.1) is 65.0 Å². The number of methoxy groups -OCH3 is 1. The molecule has 0 aromatic heterocycles. The number of hydrogen-bond donors (Lipinski definition) is 2. The molecule has 2 N–H and O–H groups in total. The molecule has 0 saturated carbocycles. The Morgan fingerprint density at radius 2 is 0.664 bits per heavy atom. The fraction of sp³-hybridized carbons (Fsp3) is 0.925. The molecule has 0 fully saturated rings. The maximum absolute atomic E-state index is 11.9. The van der Waals surface area contributed by atoms with E-state index in [0.29, 0.717) is 113 Å². The molecule has 0 aliphatic heterocycles. The van der Waals surface area contributed by atoms with Crippen LogP contribution in [0.15, 0.2) is 12.7 Å². The lowest BCUT2D eigenvalue weighted by Crippen LogP contribution is -2.39. The number of carbonyl (C=O) groups is 6. The highest BCUT2D eigenvalue weighted by Gasteiger charge is 2.26. The number of hydroxylamine groups is 1. The van der Waals surface area contributed by atoms with Crippen LogP contribution in [0.1, 0.15) is 427 Å². The van der Waals surface area contributed by atoms with Crippen LogP contribution < -0.4 is 5.48 Å². The number of carbonyl (C=O) groups excluding carboxylic acids is 6. The second-order valence-corrected chi connectivity index (χ2v) is 52.7. The van der Waals surface area contributed by atoms with Crippen LogP contribution in [0.2, 0.25) is 0 Å². The van der Waals surface area contributed by atoms with Crippen molar-refractivity contribution in [2.45, 2.75) is 462 Å². The Morgan fingerprint density at radius 1 is 0.336 bits per heavy atom. The number of aliphatic hydroxyl groups is 1. The van der Waals surface area contributed by atoms with E-state index in [1.807, 2.05) is 48.5 Å². The fourth-order valence-electron chi connectivity index (χ4n) is 9.73. The van der Waals surface area contributed by atoms with Crippen LogP contribution in [0.5, 0.6) is 0 Å². The number of esters is 6. The normalized spacial score (nSPS) is 13.5. The summed E-state index contributed by atoms with van der Waals surface area (Å²) in [5, 5.41) is 9.66. The third-order valence-corrected chi connectivity index (χ3v) is 17.5. The summed E-state index contributed by atoms with van der Waals surface area (Å²) in [6.07, 6.45) is 15.7. The van der Waals surface area contributed by atoms with Crippen molar-refractivity contribution in [1.82, 2.24) is 5.48 Å². The maximum Gasteiger partial charge on any atom is 0.309 e. The van der Waals surface area contributed by atoms with E-state index < -0.39 is 12.2 Å². The molecule has 0 amide bonds. The Hall–Kier alpha value is -3.45. The van der Waals surface area contributed by atoms with Crippen LogP contribution >= 0.6 is 11.8 Å². The Labute approximate surface area is 795 Å². The molecule has 128 heavy (non-hydrogen) atoms. The van der Waals surface area contributed by atoms with Crippen LogP contribution in [0.25, 0.3) is 0 Å². The number of nitrogens with one attached hydrogen (secondary N) is 1. The van der Waals surface area contributed by atoms with E-state index in [4.69, 9.17) is 61.7 Å². The van der Waals surface area contributed by atoms with Gasteiger partial charge in [-0.25, -0.2) is 0 Å². The number of thioether (sulfide) groups is 1. The van der Waals surface area contributed by atoms with Gasteiger partial charge in [-0.2, -0.15) is 17.2 Å². The zero-order valence-corrected chi connectivity index (χ0v) is 92.3. The van der Waals surface area contributed by atoms with Crippen molar-refractivity contribution in [3.05, 3.63) is 12.7 Å². The summed E-state index contributed by atoms with van der Waals surface area (Å²) in [4.78, 5) is 75.0. The molecule has 0 spiro atoms. The molecule has 22 heteroatoms. The van der Waals surface area contributed by atoms with E-state index in [-0.39, 0.29) is 142 Å². The third-order valence-electron chi connectivity index (χ3n) is 16.2. The topological polar surface area (TPSA) is 255 Å². The zero-order valence-electron chi connectivity index (χ0n) is 91.5. The molecule has 21 nitrogen and oxygen atoms in total. The van der Waals surface area contributed by atoms with E-state index in [1.165, 1.54) is 31.8 Å². The molecular formula is C106H215NO20S. The predicted molar refractivity (Wildman–Crippen MR) is 539 cm³/mol. The molecule has 0 radical (unpaired) electrons. The van der Waals surface area contributed by atoms with Gasteiger partial charge in [0.05, 0.1) is 85.0 Å². The van der Waals surface area contributed by atoms with Gasteiger partial charge in [-0.15, -0.1) is 6.58 Å². The highest BCUT2D eigenvalue weighted by atomic mass is 32.2. The van der Waals surface area contributed by atoms with Gasteiger partial charge in [-0.3, -0.25) is 33.6 Å². The summed E-state index contributed by atoms with van der Waals surface area (Å²) in [5.41, 5.74) is 5.40. The number of hydrogen-bond acceptors (Lipinski definition) is 22. The molecule has 4 atom stereocenters. The first-order valence-corrected chi connectivity index (χ1v) is 48.7. The van der Waals surface area contributed by atoms with E-state index in [0.717, 1.165) is 76.8 Å². The number of rotatable bonds is 48. The minimum absolute atomic E-state index is 0. The number of ether oxygens (including phenoxy) is 12. The van der Waals surface area contributed by atoms with Gasteiger partial charge in [0.2, 0.25) is 0 Å². The molecule has 0 heterocycles. The molecule has 0 saturated heterocycles. The van der Waals surface area contributed by atoms with Gasteiger partial charge < -0.3 is 61.9 Å². The average molecular weight is 1860 g/mol. The minimum Gasteiger partial charge on any atom is -0.466 e. The first kappa shape index (κ1) is 140. The minimum atomic E-state index is -0.459. The van der Waals surface area contributed by atoms with Crippen molar-refractivity contribution in [3.8, 4) is 0 Å². The maximum atomic E-state index is 11.9. The summed E-state index contributed by atoms with van der Waals surface area (Å²) < 4.78 is 65.0. The van der Waals surface area contributed by atoms with Gasteiger partial charge in [0.1, 0.15) is 44.7 Å². The molecule has 0 aliphatic rings. The summed E-state index contributed by atoms with van der Waals surface area (Å²) >= 11 is 1.73. The molecule has 4 unspecified atom stereocenters. The van der Waals surface area contributed by atoms with Gasteiger partial charge in [0.25, 0.3) is 0 Å². The number of unbranched alkanes of at least 4 members (excludes halogenated alkanes) is 2. The molecule has 0 aromatic carbocycles. The lowest BCUT2D eigenvalue weighted by Gasteiger charge is -2.25. The molecule has 0 aromatic rings. The van der Waals surface area contributed by atoms with Crippen molar-refractivity contribution in [1.29, 1.82) is 0 Å². The van der Waals surface area contributed by atoms with E-state index in [1.54, 1.807) is 18.9 Å². The van der Waals surface area contributed by atoms with Crippen molar-refractivity contribution < 1.29 is 95.6 Å². The van der Waals surface area contributed by atoms with E-state index in [2.05, 4.69) is 261 Å². The van der Waals surface area contributed by atoms with E-state index >= 15 is 0 Å². The first-order valence-electron chi connectivity index (χ1n) is 47.8. The van der Waals surface area contributed by atoms with Crippen molar-refractivity contribution >= 4 is 47.6 Å². The third kappa shape index (κ3) is 136. The van der Waals surface area contributed by atoms with Crippen LogP contribution in [0.4, 0.5) is 0 Å². The van der Waals surface area contributed by atoms with Crippen molar-refractivity contribution in [2.75, 3.05) is 112 Å². The van der Waals surface area contributed by atoms with Crippen molar-refractivity contribution in [3.63, 3.8) is 0 Å². The second kappa shape index (κ2) is 71.1. The predicted octanol–water partition coefficient (Wildman–Crippen LogP) is 27.0. The Bertz CT molecular complexity index is 2710. The van der Waals surface area contributed by atoms with E-state index in [9.17, 15) is 33.9 Å². The van der Waals surface area contributed by atoms with Gasteiger partial charge >= 0.3 is 35.8 Å². The molecule has 770 valence electrons. The quantitative estimate of drug-likeness (QED) is 0.0189. The average Bonchev–Trinajstić information content (AvgIpc) is 0.931. The highest BCUT2D eigenvalue weighted by Crippen LogP contribution is 2.29. The molecular weight excluding hydrogens is 1640 g/mol. The summed E-state index contributed by atoms with van der Waals surface area (Å²) in [6, 6.07) is 0. The summed E-state index contributed by atoms with van der Waals surface area (Å²) in [6.45, 7) is 102. The second-order valence-electron chi connectivity index (χ2n) is 50.8. The van der Waals surface area contributed by atoms with Gasteiger partial charge in [0, 0.05) is 55.4 Å². The van der Waals surface area contributed by atoms with Gasteiger partial charge in [0.15, 0.2) is 0 Å². The SMILES string of the molecule is C.C=CCC(=O)OCC(COC(=O)CCCC(C)(C)C)OCC(C)(C)C.CC(C)(C)CCCCC(=O)OCC(C)(C)C.CC(C)(C)CCCCC(=O)OCCC(C)(C)C.CC(C)(C)CCCOCC(C)(C)C.CC(C)(C)COCC(O)CC(C)(C)C.CCCC(=O)OCC(COC(=O)CCSC(C)(C)C)OCC(C)(C)C.COCC(CONC(C)(C)C)OCC(C)(C)C. The number of aliphatic hydroxyl groups excluding tert-OH is 1. The molecule has 0 rings (SSSR count). The van der Waals surface area contributed by atoms with Crippen LogP contribution in [0.3, 0.4) is 0 Å². The summed E-state index contributed by atoms with van der Waals surface area (Å²) in [7, 11) is 1.67. The molecule has 0 aliphatic carbocycles. The van der Waals surface area contributed by atoms with Crippen LogP contribution in [-0.2, 0) is 90.4 Å². The molecule has 0 bridgehead atoms. The Morgan fingerprint density at radius 3 is 1.01 bits per heavy atom. The Balaban J connectivity index is -0.000000221. The lowest BCUT2D eigenvalue weighted by molar-refractivity contribution is -0.157. The van der Waals surface area contributed by atoms with Crippen LogP contribution in [-0.4, -0.2) is 188 Å². The largest absolute Gasteiger partial charge is 0.466 e. The van der Waals surface area contributed by atoms with Gasteiger partial charge in [-0.05, 0) is 156 Å². The Kier molecular flexibility index (Phi) is 77.7. The standard InChI is InChI=1S/C20H36O5.C19H36O5S.C15H30O2.C14H28O2.C13H29NO3.C12H26O2.C12H26O.CH4/c1-8-10-17(21)23-13-16(25-15-20(5,6)7)14-24-18(22)11-9-12-19(2,3)4;1-8-9-16(20)22-12-15(24-14-18(2,3)4)13-23-17(21)10-11-25-19(5,6)7;1-14(2,3)10-8-7-9-13(16)17-12-11-15(4,5)6;1-13(2,3)10-8-7-9-12(15)16-11-14(4,5)6;1-12(2,3)10-16-11(8-15-7)9-17-14-13(4,5)6;1-11(2,3)7-10(13)8-14-9-12(4,5)6;1-11(2,3)8-7-9-13-10-12(4,5)6;/h8,16H,1,9-15H2,2-7H3;15H,8-14H2,1-7H3;7-12H2,1-6H3;7-11H2,1-6H3;11,14H,8-10H2,1-7H3;10,13H,7-9H2,1-6H3;7-10H2,1-6H3;1H4. The summed E-state index contributed by atoms with van der Waals surface area (Å²) in [5.74, 6) is -0.476. The first-order chi connectivity index (χ1) is 57.0. The zero-order chi connectivity index (χ0) is 101. The fourth-order valence-corrected chi connectivity index (χ4v) is 10.6. The van der Waals surface area contributed by atoms with Crippen molar-refractivity contribution in [2.24, 2.45) is 65.0 Å². The lowest BCUT2D eigenvalue weighted by atomic mass is 9.89. The van der Waals surface area contributed by atoms with Gasteiger partial charge in [-0.1, -0.05) is 303 Å².